The van der Waals surface area contributed by atoms with Crippen LogP contribution in [-0.2, 0) is 21.2 Å². The number of carbonyl (C=O) groups excluding carboxylic acids is 1. The number of fused-ring (bicyclic) bond motifs is 1. The highest BCUT2D eigenvalue weighted by Gasteiger charge is 2.32. The summed E-state index contributed by atoms with van der Waals surface area (Å²) < 4.78 is 51.7. The summed E-state index contributed by atoms with van der Waals surface area (Å²) in [7, 11) is -4.32. The lowest BCUT2D eigenvalue weighted by Gasteiger charge is -2.23. The minimum absolute atomic E-state index is 0.147. The number of rotatable bonds is 9. The zero-order valence-corrected chi connectivity index (χ0v) is 20.8. The van der Waals surface area contributed by atoms with Gasteiger partial charge in [0.15, 0.2) is 0 Å². The normalized spacial score (nSPS) is 18.4. The standard InChI is InChI=1S/C25H28BFN2O6S/c1-36(32,33)29(11-9-19-8-10-26(31)35-19)14-17-12-22-21(13-20(17)15-2-3-15)23(25(28)30)24(34-22)16-4-6-18(27)7-5-16/h4-7,12-13,15,19,31H,2-3,8-11,14H2,1H3,(H2,28,30). The number of primary amides is 1. The summed E-state index contributed by atoms with van der Waals surface area (Å²) in [6.07, 6.45) is 4.65. The largest absolute Gasteiger partial charge is 0.455 e. The Morgan fingerprint density at radius 3 is 2.53 bits per heavy atom. The third kappa shape index (κ3) is 5.20. The molecule has 3 aromatic rings. The van der Waals surface area contributed by atoms with E-state index in [-0.39, 0.29) is 36.4 Å². The molecule has 1 aliphatic carbocycles. The first kappa shape index (κ1) is 24.9. The number of nitrogens with zero attached hydrogens (tertiary/aromatic N) is 1. The molecule has 1 aromatic heterocycles. The molecule has 2 fully saturated rings. The van der Waals surface area contributed by atoms with Crippen molar-refractivity contribution in [3.05, 3.63) is 58.9 Å². The summed E-state index contributed by atoms with van der Waals surface area (Å²) in [5, 5.41) is 10.2. The quantitative estimate of drug-likeness (QED) is 0.421. The second-order valence-electron chi connectivity index (χ2n) is 9.67. The Morgan fingerprint density at radius 1 is 1.22 bits per heavy atom. The third-order valence-electron chi connectivity index (χ3n) is 6.92. The van der Waals surface area contributed by atoms with Gasteiger partial charge in [0, 0.05) is 30.1 Å². The highest BCUT2D eigenvalue weighted by atomic mass is 32.2. The average molecular weight is 514 g/mol. The first-order chi connectivity index (χ1) is 17.1. The van der Waals surface area contributed by atoms with Gasteiger partial charge in [-0.3, -0.25) is 4.79 Å². The molecule has 190 valence electrons. The fourth-order valence-electron chi connectivity index (χ4n) is 4.90. The fourth-order valence-corrected chi connectivity index (χ4v) is 5.71. The lowest BCUT2D eigenvalue weighted by atomic mass is 9.87. The lowest BCUT2D eigenvalue weighted by molar-refractivity contribution is 0.100. The molecule has 1 saturated heterocycles. The van der Waals surface area contributed by atoms with Crippen molar-refractivity contribution in [1.82, 2.24) is 4.31 Å². The molecule has 8 nitrogen and oxygen atoms in total. The number of hydrogen-bond donors (Lipinski definition) is 2. The zero-order chi connectivity index (χ0) is 25.6. The molecule has 2 aliphatic rings. The van der Waals surface area contributed by atoms with Gasteiger partial charge in [-0.1, -0.05) is 0 Å². The minimum atomic E-state index is -3.53. The number of furan rings is 1. The summed E-state index contributed by atoms with van der Waals surface area (Å²) in [4.78, 5) is 12.4. The Labute approximate surface area is 209 Å². The molecule has 0 spiro atoms. The van der Waals surface area contributed by atoms with E-state index in [2.05, 4.69) is 0 Å². The summed E-state index contributed by atoms with van der Waals surface area (Å²) in [6, 6.07) is 9.29. The molecular formula is C25H28BFN2O6S. The van der Waals surface area contributed by atoms with E-state index in [9.17, 15) is 22.6 Å². The molecule has 1 aliphatic heterocycles. The molecule has 36 heavy (non-hydrogen) atoms. The maximum Gasteiger partial charge on any atom is 0.454 e. The van der Waals surface area contributed by atoms with Crippen LogP contribution in [0.2, 0.25) is 6.32 Å². The van der Waals surface area contributed by atoms with Gasteiger partial charge in [0.05, 0.1) is 11.8 Å². The molecular weight excluding hydrogens is 486 g/mol. The Hall–Kier alpha value is -2.73. The Kier molecular flexibility index (Phi) is 6.67. The number of amides is 1. The van der Waals surface area contributed by atoms with Gasteiger partial charge < -0.3 is 19.8 Å². The van der Waals surface area contributed by atoms with Crippen LogP contribution in [0.1, 0.15) is 53.1 Å². The predicted molar refractivity (Wildman–Crippen MR) is 134 cm³/mol. The van der Waals surface area contributed by atoms with Crippen LogP contribution in [0.5, 0.6) is 0 Å². The van der Waals surface area contributed by atoms with Gasteiger partial charge in [0.1, 0.15) is 17.2 Å². The third-order valence-corrected chi connectivity index (χ3v) is 8.17. The van der Waals surface area contributed by atoms with Gasteiger partial charge in [-0.2, -0.15) is 4.31 Å². The maximum absolute atomic E-state index is 13.5. The topological polar surface area (TPSA) is 123 Å². The molecule has 1 amide bonds. The highest BCUT2D eigenvalue weighted by Crippen LogP contribution is 2.45. The number of carbonyl (C=O) groups is 1. The number of hydrogen-bond acceptors (Lipinski definition) is 6. The van der Waals surface area contributed by atoms with E-state index in [1.807, 2.05) is 6.07 Å². The number of halogens is 1. The van der Waals surface area contributed by atoms with Crippen LogP contribution in [0.4, 0.5) is 4.39 Å². The van der Waals surface area contributed by atoms with Gasteiger partial charge in [0.2, 0.25) is 10.0 Å². The lowest BCUT2D eigenvalue weighted by Crippen LogP contribution is -2.33. The smallest absolute Gasteiger partial charge is 0.454 e. The molecule has 2 heterocycles. The van der Waals surface area contributed by atoms with Gasteiger partial charge >= 0.3 is 7.12 Å². The molecule has 3 N–H and O–H groups in total. The molecule has 1 saturated carbocycles. The molecule has 1 atom stereocenters. The highest BCUT2D eigenvalue weighted by molar-refractivity contribution is 7.88. The first-order valence-electron chi connectivity index (χ1n) is 12.0. The molecule has 1 unspecified atom stereocenters. The molecule has 5 rings (SSSR count). The van der Waals surface area contributed by atoms with Crippen molar-refractivity contribution >= 4 is 34.0 Å². The van der Waals surface area contributed by atoms with Crippen LogP contribution >= 0.6 is 0 Å². The van der Waals surface area contributed by atoms with Gasteiger partial charge in [0.25, 0.3) is 5.91 Å². The summed E-state index contributed by atoms with van der Waals surface area (Å²) in [5.41, 5.74) is 8.66. The van der Waals surface area contributed by atoms with Crippen molar-refractivity contribution in [2.45, 2.75) is 50.6 Å². The van der Waals surface area contributed by atoms with Crippen LogP contribution in [0.25, 0.3) is 22.3 Å². The maximum atomic E-state index is 13.5. The van der Waals surface area contributed by atoms with Crippen molar-refractivity contribution in [3.63, 3.8) is 0 Å². The van der Waals surface area contributed by atoms with Crippen molar-refractivity contribution in [3.8, 4) is 11.3 Å². The van der Waals surface area contributed by atoms with Crippen molar-refractivity contribution in [1.29, 1.82) is 0 Å². The van der Waals surface area contributed by atoms with Crippen LogP contribution in [0, 0.1) is 5.82 Å². The van der Waals surface area contributed by atoms with Crippen molar-refractivity contribution in [2.24, 2.45) is 5.73 Å². The fraction of sp³-hybridized carbons (Fsp3) is 0.400. The average Bonchev–Trinajstić information content (AvgIpc) is 3.46. The van der Waals surface area contributed by atoms with E-state index < -0.39 is 28.9 Å². The van der Waals surface area contributed by atoms with E-state index in [4.69, 9.17) is 14.8 Å². The molecule has 0 bridgehead atoms. The van der Waals surface area contributed by atoms with Gasteiger partial charge in [-0.15, -0.1) is 0 Å². The Balaban J connectivity index is 1.53. The van der Waals surface area contributed by atoms with Crippen molar-refractivity contribution < 1.29 is 31.7 Å². The van der Waals surface area contributed by atoms with E-state index in [0.29, 0.717) is 35.7 Å². The van der Waals surface area contributed by atoms with Crippen molar-refractivity contribution in [2.75, 3.05) is 12.8 Å². The summed E-state index contributed by atoms with van der Waals surface area (Å²) in [5.74, 6) is -0.538. The van der Waals surface area contributed by atoms with Crippen LogP contribution in [0.3, 0.4) is 0 Å². The molecule has 0 radical (unpaired) electrons. The van der Waals surface area contributed by atoms with Gasteiger partial charge in [-0.05, 0) is 85.4 Å². The second-order valence-corrected chi connectivity index (χ2v) is 11.7. The van der Waals surface area contributed by atoms with Gasteiger partial charge in [-0.25, -0.2) is 12.8 Å². The minimum Gasteiger partial charge on any atom is -0.455 e. The molecule has 2 aromatic carbocycles. The second kappa shape index (κ2) is 9.62. The van der Waals surface area contributed by atoms with E-state index >= 15 is 0 Å². The van der Waals surface area contributed by atoms with Crippen LogP contribution in [0.15, 0.2) is 40.8 Å². The SMILES string of the molecule is CS(=O)(=O)N(CCC1CCB(O)O1)Cc1cc2oc(-c3ccc(F)cc3)c(C(N)=O)c2cc1C1CC1. The zero-order valence-electron chi connectivity index (χ0n) is 19.9. The first-order valence-corrected chi connectivity index (χ1v) is 13.9. The van der Waals surface area contributed by atoms with Crippen LogP contribution in [-0.4, -0.2) is 49.7 Å². The summed E-state index contributed by atoms with van der Waals surface area (Å²) in [6.45, 7) is 0.401. The predicted octanol–water partition coefficient (Wildman–Crippen LogP) is 3.64. The van der Waals surface area contributed by atoms with E-state index in [0.717, 1.165) is 24.0 Å². The Bertz CT molecular complexity index is 1400. The summed E-state index contributed by atoms with van der Waals surface area (Å²) >= 11 is 0. The number of nitrogens with two attached hydrogens (primary N) is 1. The monoisotopic (exact) mass is 514 g/mol. The number of benzene rings is 2. The number of sulfonamides is 1. The Morgan fingerprint density at radius 2 is 1.94 bits per heavy atom. The van der Waals surface area contributed by atoms with E-state index in [1.54, 1.807) is 6.07 Å². The van der Waals surface area contributed by atoms with Crippen LogP contribution < -0.4 is 5.73 Å². The molecule has 11 heteroatoms. The van der Waals surface area contributed by atoms with E-state index in [1.165, 1.54) is 34.8 Å².